The monoisotopic (exact) mass is 249 g/mol. The minimum absolute atomic E-state index is 0. The van der Waals surface area contributed by atoms with E-state index in [1.165, 1.54) is 0 Å². The molecule has 1 aliphatic rings. The van der Waals surface area contributed by atoms with Crippen molar-refractivity contribution in [3.8, 4) is 0 Å². The largest absolute Gasteiger partial charge is 0.462 e. The van der Waals surface area contributed by atoms with Gasteiger partial charge in [-0.2, -0.15) is 0 Å². The molecule has 0 bridgehead atoms. The lowest BCUT2D eigenvalue weighted by Gasteiger charge is -2.28. The summed E-state index contributed by atoms with van der Waals surface area (Å²) >= 11 is 0. The van der Waals surface area contributed by atoms with E-state index in [1.54, 1.807) is 0 Å². The van der Waals surface area contributed by atoms with Crippen LogP contribution in [0, 0.1) is 5.92 Å². The molecule has 1 rings (SSSR count). The van der Waals surface area contributed by atoms with E-state index in [1.807, 2.05) is 6.92 Å². The Morgan fingerprint density at radius 1 is 1.44 bits per heavy atom. The highest BCUT2D eigenvalue weighted by atomic mass is 35.5. The SMILES string of the molecule is CCCC(C)OC(=O)C1CCN(C)CC1.Cl. The van der Waals surface area contributed by atoms with E-state index in [0.717, 1.165) is 38.8 Å². The van der Waals surface area contributed by atoms with Crippen molar-refractivity contribution in [2.45, 2.75) is 45.6 Å². The van der Waals surface area contributed by atoms with Crippen molar-refractivity contribution < 1.29 is 9.53 Å². The molecule has 3 nitrogen and oxygen atoms in total. The zero-order valence-corrected chi connectivity index (χ0v) is 11.4. The predicted molar refractivity (Wildman–Crippen MR) is 67.9 cm³/mol. The molecule has 0 aromatic rings. The van der Waals surface area contributed by atoms with Gasteiger partial charge in [0.2, 0.25) is 0 Å². The fraction of sp³-hybridized carbons (Fsp3) is 0.917. The van der Waals surface area contributed by atoms with E-state index >= 15 is 0 Å². The van der Waals surface area contributed by atoms with Crippen LogP contribution in [-0.2, 0) is 9.53 Å². The van der Waals surface area contributed by atoms with Gasteiger partial charge in [-0.1, -0.05) is 13.3 Å². The van der Waals surface area contributed by atoms with Gasteiger partial charge in [0.1, 0.15) is 0 Å². The second kappa shape index (κ2) is 7.91. The van der Waals surface area contributed by atoms with Crippen LogP contribution < -0.4 is 0 Å². The van der Waals surface area contributed by atoms with Crippen LogP contribution in [0.1, 0.15) is 39.5 Å². The molecule has 1 heterocycles. The second-order valence-electron chi connectivity index (χ2n) is 4.61. The van der Waals surface area contributed by atoms with Crippen LogP contribution in [-0.4, -0.2) is 37.1 Å². The predicted octanol–water partition coefficient (Wildman–Crippen LogP) is 2.48. The number of piperidine rings is 1. The molecule has 1 atom stereocenters. The maximum Gasteiger partial charge on any atom is 0.309 e. The lowest BCUT2D eigenvalue weighted by Crippen LogP contribution is -2.35. The van der Waals surface area contributed by atoms with E-state index in [2.05, 4.69) is 18.9 Å². The smallest absolute Gasteiger partial charge is 0.309 e. The summed E-state index contributed by atoms with van der Waals surface area (Å²) in [7, 11) is 2.10. The van der Waals surface area contributed by atoms with Crippen LogP contribution in [0.4, 0.5) is 0 Å². The van der Waals surface area contributed by atoms with Crippen molar-refractivity contribution in [1.29, 1.82) is 0 Å². The van der Waals surface area contributed by atoms with E-state index in [-0.39, 0.29) is 30.4 Å². The zero-order valence-electron chi connectivity index (χ0n) is 10.6. The van der Waals surface area contributed by atoms with Crippen LogP contribution in [0.2, 0.25) is 0 Å². The number of hydrogen-bond acceptors (Lipinski definition) is 3. The molecule has 1 unspecified atom stereocenters. The van der Waals surface area contributed by atoms with Crippen molar-refractivity contribution in [1.82, 2.24) is 4.90 Å². The number of nitrogens with zero attached hydrogens (tertiary/aromatic N) is 1. The number of ether oxygens (including phenoxy) is 1. The maximum absolute atomic E-state index is 11.7. The fourth-order valence-electron chi connectivity index (χ4n) is 2.00. The third-order valence-corrected chi connectivity index (χ3v) is 3.06. The molecule has 0 N–H and O–H groups in total. The van der Waals surface area contributed by atoms with Crippen molar-refractivity contribution in [2.24, 2.45) is 5.92 Å². The number of esters is 1. The van der Waals surface area contributed by atoms with Crippen molar-refractivity contribution in [3.05, 3.63) is 0 Å². The Bertz CT molecular complexity index is 203. The number of carbonyl (C=O) groups excluding carboxylic acids is 1. The Hall–Kier alpha value is -0.280. The first-order valence-electron chi connectivity index (χ1n) is 6.02. The molecule has 16 heavy (non-hydrogen) atoms. The molecule has 0 saturated carbocycles. The van der Waals surface area contributed by atoms with Crippen molar-refractivity contribution in [3.63, 3.8) is 0 Å². The Morgan fingerprint density at radius 2 is 2.00 bits per heavy atom. The summed E-state index contributed by atoms with van der Waals surface area (Å²) in [5.74, 6) is 0.157. The summed E-state index contributed by atoms with van der Waals surface area (Å²) in [5.41, 5.74) is 0. The van der Waals surface area contributed by atoms with Gasteiger partial charge in [-0.3, -0.25) is 4.79 Å². The second-order valence-corrected chi connectivity index (χ2v) is 4.61. The molecule has 96 valence electrons. The summed E-state index contributed by atoms with van der Waals surface area (Å²) in [6, 6.07) is 0. The van der Waals surface area contributed by atoms with Gasteiger partial charge < -0.3 is 9.64 Å². The first-order valence-corrected chi connectivity index (χ1v) is 6.02. The average molecular weight is 250 g/mol. The third kappa shape index (κ3) is 5.17. The highest BCUT2D eigenvalue weighted by molar-refractivity contribution is 5.85. The molecular formula is C12H24ClNO2. The Labute approximate surface area is 105 Å². The lowest BCUT2D eigenvalue weighted by atomic mass is 9.97. The van der Waals surface area contributed by atoms with Gasteiger partial charge in [0.05, 0.1) is 12.0 Å². The van der Waals surface area contributed by atoms with Gasteiger partial charge in [-0.25, -0.2) is 0 Å². The molecule has 1 aliphatic heterocycles. The van der Waals surface area contributed by atoms with Gasteiger partial charge in [-0.15, -0.1) is 12.4 Å². The van der Waals surface area contributed by atoms with Gasteiger partial charge in [-0.05, 0) is 46.3 Å². The summed E-state index contributed by atoms with van der Waals surface area (Å²) in [5, 5.41) is 0. The molecule has 1 fully saturated rings. The van der Waals surface area contributed by atoms with Crippen molar-refractivity contribution >= 4 is 18.4 Å². The number of likely N-dealkylation sites (tertiary alicyclic amines) is 1. The van der Waals surface area contributed by atoms with E-state index in [0.29, 0.717) is 0 Å². The Morgan fingerprint density at radius 3 is 2.50 bits per heavy atom. The highest BCUT2D eigenvalue weighted by Crippen LogP contribution is 2.18. The normalized spacial score (nSPS) is 19.9. The average Bonchev–Trinajstić information content (AvgIpc) is 2.18. The molecule has 0 aliphatic carbocycles. The maximum atomic E-state index is 11.7. The van der Waals surface area contributed by atoms with Crippen molar-refractivity contribution in [2.75, 3.05) is 20.1 Å². The van der Waals surface area contributed by atoms with Crippen LogP contribution in [0.3, 0.4) is 0 Å². The quantitative estimate of drug-likeness (QED) is 0.717. The number of halogens is 1. The van der Waals surface area contributed by atoms with Crippen LogP contribution in [0.15, 0.2) is 0 Å². The van der Waals surface area contributed by atoms with E-state index in [4.69, 9.17) is 4.74 Å². The topological polar surface area (TPSA) is 29.5 Å². The number of hydrogen-bond donors (Lipinski definition) is 0. The molecular weight excluding hydrogens is 226 g/mol. The summed E-state index contributed by atoms with van der Waals surface area (Å²) in [6.07, 6.45) is 4.03. The fourth-order valence-corrected chi connectivity index (χ4v) is 2.00. The summed E-state index contributed by atoms with van der Waals surface area (Å²) in [6.45, 7) is 6.13. The van der Waals surface area contributed by atoms with Gasteiger partial charge in [0, 0.05) is 0 Å². The Kier molecular flexibility index (Phi) is 7.77. The summed E-state index contributed by atoms with van der Waals surface area (Å²) < 4.78 is 5.41. The minimum atomic E-state index is 0. The molecule has 0 amide bonds. The number of carbonyl (C=O) groups is 1. The number of rotatable bonds is 4. The van der Waals surface area contributed by atoms with Gasteiger partial charge in [0.15, 0.2) is 0 Å². The van der Waals surface area contributed by atoms with E-state index in [9.17, 15) is 4.79 Å². The highest BCUT2D eigenvalue weighted by Gasteiger charge is 2.25. The first kappa shape index (κ1) is 15.7. The minimum Gasteiger partial charge on any atom is -0.462 e. The van der Waals surface area contributed by atoms with Gasteiger partial charge in [0.25, 0.3) is 0 Å². The third-order valence-electron chi connectivity index (χ3n) is 3.06. The van der Waals surface area contributed by atoms with Crippen LogP contribution >= 0.6 is 12.4 Å². The molecule has 0 spiro atoms. The summed E-state index contributed by atoms with van der Waals surface area (Å²) in [4.78, 5) is 14.0. The van der Waals surface area contributed by atoms with Gasteiger partial charge >= 0.3 is 5.97 Å². The van der Waals surface area contributed by atoms with Crippen LogP contribution in [0.5, 0.6) is 0 Å². The Balaban J connectivity index is 0.00000225. The van der Waals surface area contributed by atoms with Crippen LogP contribution in [0.25, 0.3) is 0 Å². The first-order chi connectivity index (χ1) is 7.13. The molecule has 0 aromatic carbocycles. The molecule has 1 saturated heterocycles. The standard InChI is InChI=1S/C12H23NO2.ClH/c1-4-5-10(2)15-12(14)11-6-8-13(3)9-7-11;/h10-11H,4-9H2,1-3H3;1H. The zero-order chi connectivity index (χ0) is 11.3. The molecule has 4 heteroatoms. The lowest BCUT2D eigenvalue weighted by molar-refractivity contribution is -0.155. The molecule has 0 aromatic heterocycles. The molecule has 0 radical (unpaired) electrons. The van der Waals surface area contributed by atoms with E-state index < -0.39 is 0 Å².